The van der Waals surface area contributed by atoms with E-state index in [4.69, 9.17) is 14.5 Å². The molecule has 0 aliphatic rings. The molecule has 0 bridgehead atoms. The normalized spacial score (nSPS) is 12.1. The van der Waals surface area contributed by atoms with Gasteiger partial charge >= 0.3 is 25.1 Å². The van der Waals surface area contributed by atoms with Gasteiger partial charge in [-0.2, -0.15) is 0 Å². The van der Waals surface area contributed by atoms with Crippen LogP contribution in [-0.2, 0) is 23.8 Å². The Morgan fingerprint density at radius 2 is 1.05 bits per heavy atom. The molecular formula is C50H61BN2O9. The van der Waals surface area contributed by atoms with Gasteiger partial charge in [0.25, 0.3) is 0 Å². The van der Waals surface area contributed by atoms with Crippen LogP contribution in [0.3, 0.4) is 0 Å². The van der Waals surface area contributed by atoms with Crippen LogP contribution in [0.15, 0.2) is 140 Å². The molecule has 1 unspecified atom stereocenters. The molecule has 0 radical (unpaired) electrons. The summed E-state index contributed by atoms with van der Waals surface area (Å²) in [5.41, 5.74) is 2.32. The van der Waals surface area contributed by atoms with Crippen molar-refractivity contribution >= 4 is 57.4 Å². The Kier molecular flexibility index (Phi) is 20.8. The van der Waals surface area contributed by atoms with E-state index in [1.54, 1.807) is 41.4 Å². The molecule has 1 amide bonds. The molecule has 0 saturated heterocycles. The summed E-state index contributed by atoms with van der Waals surface area (Å²) in [5.74, 6) is -0.718. The van der Waals surface area contributed by atoms with Crippen molar-refractivity contribution in [1.29, 1.82) is 0 Å². The maximum absolute atomic E-state index is 11.9. The molecule has 328 valence electrons. The van der Waals surface area contributed by atoms with Crippen molar-refractivity contribution in [3.63, 3.8) is 0 Å². The first-order valence-corrected chi connectivity index (χ1v) is 20.7. The summed E-state index contributed by atoms with van der Waals surface area (Å²) in [6.45, 7) is 16.2. The molecule has 0 spiro atoms. The molecule has 6 aromatic rings. The minimum absolute atomic E-state index is 0.0944. The highest BCUT2D eigenvalue weighted by Crippen LogP contribution is 2.24. The number of aliphatic hydroxyl groups excluding tert-OH is 2. The molecule has 62 heavy (non-hydrogen) atoms. The summed E-state index contributed by atoms with van der Waals surface area (Å²) in [5, 5.41) is 39.7. The van der Waals surface area contributed by atoms with Crippen molar-refractivity contribution in [2.24, 2.45) is 0 Å². The highest BCUT2D eigenvalue weighted by Gasteiger charge is 2.17. The third kappa shape index (κ3) is 18.7. The Hall–Kier alpha value is -6.05. The SMILES string of the molecule is C=COC(=O)CCNB(C)O.CC(O)c1ccc2ccccc2c1.C[C@@H](OC(=O)CCNC(=O)OC(C)(C)C)c1ccc2ccccc2c1.C[C@H](O)c1ccc2ccccc2c1. The zero-order chi connectivity index (χ0) is 45.7. The average molecular weight is 845 g/mol. The molecule has 0 heterocycles. The number of carbonyl (C=O) groups excluding carboxylic acids is 3. The van der Waals surface area contributed by atoms with Crippen molar-refractivity contribution in [2.75, 3.05) is 13.1 Å². The van der Waals surface area contributed by atoms with Crippen molar-refractivity contribution in [3.8, 4) is 0 Å². The summed E-state index contributed by atoms with van der Waals surface area (Å²) in [4.78, 5) is 34.1. The molecule has 11 nitrogen and oxygen atoms in total. The van der Waals surface area contributed by atoms with Crippen LogP contribution in [0.25, 0.3) is 32.3 Å². The minimum Gasteiger partial charge on any atom is -0.458 e. The Balaban J connectivity index is 0.000000235. The first-order chi connectivity index (χ1) is 29.4. The summed E-state index contributed by atoms with van der Waals surface area (Å²) in [7, 11) is -0.591. The number of hydrogen-bond donors (Lipinski definition) is 5. The number of rotatable bonds is 12. The summed E-state index contributed by atoms with van der Waals surface area (Å²) >= 11 is 0. The first-order valence-electron chi connectivity index (χ1n) is 20.7. The molecule has 6 aromatic carbocycles. The lowest BCUT2D eigenvalue weighted by Gasteiger charge is -2.19. The molecule has 0 aromatic heterocycles. The van der Waals surface area contributed by atoms with Crippen molar-refractivity contribution in [3.05, 3.63) is 157 Å². The molecule has 5 N–H and O–H groups in total. The second-order valence-corrected chi connectivity index (χ2v) is 15.5. The summed E-state index contributed by atoms with van der Waals surface area (Å²) in [6.07, 6.45) is -0.241. The molecule has 0 aliphatic heterocycles. The fourth-order valence-electron chi connectivity index (χ4n) is 5.84. The Bertz CT molecular complexity index is 2260. The second-order valence-electron chi connectivity index (χ2n) is 15.5. The standard InChI is InChI=1S/C20H25NO4.2C12H12O.C6H12BNO3/c1-14(16-10-9-15-7-5-6-8-17(15)13-16)24-18(22)11-12-21-19(23)25-20(2,3)4;2*1-9(13)11-7-6-10-4-2-3-5-12(10)8-11;1-3-11-6(9)4-5-8-7(2)10/h5-10,13-14H,11-12H2,1-4H3,(H,21,23);2*2-9,13H,1H3;3,8,10H,1,4-5H2,2H3/t14-;9-;;/m10../s1. The maximum atomic E-state index is 11.9. The number of alkyl carbamates (subject to hydrolysis) is 1. The molecule has 3 atom stereocenters. The number of esters is 2. The van der Waals surface area contributed by atoms with E-state index in [2.05, 4.69) is 46.1 Å². The number of ether oxygens (including phenoxy) is 3. The van der Waals surface area contributed by atoms with Gasteiger partial charge in [0.15, 0.2) is 0 Å². The monoisotopic (exact) mass is 844 g/mol. The van der Waals surface area contributed by atoms with E-state index in [0.29, 0.717) is 6.54 Å². The summed E-state index contributed by atoms with van der Waals surface area (Å²) in [6, 6.07) is 42.4. The van der Waals surface area contributed by atoms with E-state index in [1.165, 1.54) is 21.5 Å². The predicted octanol–water partition coefficient (Wildman–Crippen LogP) is 9.91. The van der Waals surface area contributed by atoms with Gasteiger partial charge in [-0.25, -0.2) is 4.79 Å². The molecule has 6 rings (SSSR count). The van der Waals surface area contributed by atoms with Crippen molar-refractivity contribution < 1.29 is 43.8 Å². The van der Waals surface area contributed by atoms with Crippen LogP contribution in [0.2, 0.25) is 6.82 Å². The Labute approximate surface area is 365 Å². The zero-order valence-electron chi connectivity index (χ0n) is 36.8. The number of hydrogen-bond acceptors (Lipinski definition) is 10. The van der Waals surface area contributed by atoms with Gasteiger partial charge in [0.1, 0.15) is 11.7 Å². The van der Waals surface area contributed by atoms with Gasteiger partial charge in [0.2, 0.25) is 0 Å². The molecule has 12 heteroatoms. The number of aliphatic hydroxyl groups is 2. The van der Waals surface area contributed by atoms with Gasteiger partial charge in [-0.15, -0.1) is 0 Å². The van der Waals surface area contributed by atoms with Gasteiger partial charge in [0.05, 0.1) is 31.3 Å². The van der Waals surface area contributed by atoms with Crippen LogP contribution in [-0.4, -0.2) is 59.0 Å². The van der Waals surface area contributed by atoms with Crippen LogP contribution in [0.5, 0.6) is 0 Å². The van der Waals surface area contributed by atoms with E-state index in [9.17, 15) is 24.6 Å². The fourth-order valence-corrected chi connectivity index (χ4v) is 5.84. The van der Waals surface area contributed by atoms with Crippen LogP contribution in [0.1, 0.15) is 89.4 Å². The van der Waals surface area contributed by atoms with E-state index in [0.717, 1.165) is 33.7 Å². The number of nitrogens with one attached hydrogen (secondary N) is 2. The number of amides is 1. The lowest BCUT2D eigenvalue weighted by molar-refractivity contribution is -0.148. The average Bonchev–Trinajstić information content (AvgIpc) is 3.23. The topological polar surface area (TPSA) is 164 Å². The number of carbonyl (C=O) groups is 3. The van der Waals surface area contributed by atoms with E-state index < -0.39 is 18.7 Å². The van der Waals surface area contributed by atoms with E-state index in [-0.39, 0.29) is 49.6 Å². The van der Waals surface area contributed by atoms with Gasteiger partial charge in [-0.05, 0) is 122 Å². The highest BCUT2D eigenvalue weighted by atomic mass is 16.6. The Morgan fingerprint density at radius 3 is 1.45 bits per heavy atom. The van der Waals surface area contributed by atoms with Gasteiger partial charge < -0.3 is 40.0 Å². The zero-order valence-corrected chi connectivity index (χ0v) is 36.8. The molecule has 0 aliphatic carbocycles. The molecular weight excluding hydrogens is 783 g/mol. The van der Waals surface area contributed by atoms with E-state index >= 15 is 0 Å². The van der Waals surface area contributed by atoms with Gasteiger partial charge in [0, 0.05) is 6.54 Å². The number of benzene rings is 6. The minimum atomic E-state index is -0.591. The third-order valence-electron chi connectivity index (χ3n) is 9.04. The van der Waals surface area contributed by atoms with Gasteiger partial charge in [-0.3, -0.25) is 9.59 Å². The number of fused-ring (bicyclic) bond motifs is 3. The fraction of sp³-hybridized carbons (Fsp3) is 0.300. The van der Waals surface area contributed by atoms with E-state index in [1.807, 2.05) is 110 Å². The second kappa shape index (κ2) is 25.7. The Morgan fingerprint density at radius 1 is 0.645 bits per heavy atom. The predicted molar refractivity (Wildman–Crippen MR) is 249 cm³/mol. The van der Waals surface area contributed by atoms with Crippen LogP contribution < -0.4 is 10.5 Å². The lowest BCUT2D eigenvalue weighted by Crippen LogP contribution is -2.33. The lowest BCUT2D eigenvalue weighted by atomic mass is 9.89. The first kappa shape index (κ1) is 50.3. The molecule has 0 fully saturated rings. The van der Waals surface area contributed by atoms with Crippen LogP contribution in [0.4, 0.5) is 4.79 Å². The quantitative estimate of drug-likeness (QED) is 0.0347. The smallest absolute Gasteiger partial charge is 0.407 e. The van der Waals surface area contributed by atoms with Crippen molar-refractivity contribution in [1.82, 2.24) is 10.5 Å². The van der Waals surface area contributed by atoms with Crippen molar-refractivity contribution in [2.45, 2.75) is 85.1 Å². The third-order valence-corrected chi connectivity index (χ3v) is 9.04. The van der Waals surface area contributed by atoms with Crippen LogP contribution in [0, 0.1) is 0 Å². The van der Waals surface area contributed by atoms with Crippen LogP contribution >= 0.6 is 0 Å². The van der Waals surface area contributed by atoms with Gasteiger partial charge in [-0.1, -0.05) is 116 Å². The largest absolute Gasteiger partial charge is 0.458 e. The molecule has 0 saturated carbocycles. The highest BCUT2D eigenvalue weighted by molar-refractivity contribution is 6.45. The maximum Gasteiger partial charge on any atom is 0.407 e. The summed E-state index contributed by atoms with van der Waals surface area (Å²) < 4.78 is 15.0.